The molecule has 6 heteroatoms. The highest BCUT2D eigenvalue weighted by Crippen LogP contribution is 2.64. The lowest BCUT2D eigenvalue weighted by Crippen LogP contribution is -2.32. The second-order valence-electron chi connectivity index (χ2n) is 29.0. The van der Waals surface area contributed by atoms with Crippen LogP contribution < -0.4 is 9.47 Å². The molecule has 0 amide bonds. The minimum absolute atomic E-state index is 0.577. The molecule has 2 aromatic heterocycles. The summed E-state index contributed by atoms with van der Waals surface area (Å²) in [5.74, 6) is 4.74. The molecule has 0 saturated carbocycles. The molecule has 0 unspecified atom stereocenters. The normalized spacial score (nSPS) is 13.2. The lowest BCUT2D eigenvalue weighted by molar-refractivity contribution is 0.436. The van der Waals surface area contributed by atoms with Crippen molar-refractivity contribution < 1.29 is 9.47 Å². The molecule has 512 valence electrons. The van der Waals surface area contributed by atoms with Gasteiger partial charge >= 0.3 is 0 Å². The molecule has 4 heterocycles. The van der Waals surface area contributed by atoms with Gasteiger partial charge < -0.3 is 9.47 Å². The number of ether oxygens (including phenoxy) is 2. The van der Waals surface area contributed by atoms with Crippen molar-refractivity contribution in [2.45, 2.75) is 10.8 Å². The molecule has 4 aliphatic rings. The molecule has 2 spiro atoms. The topological polar surface area (TPSA) is 70.0 Å². The van der Waals surface area contributed by atoms with Crippen molar-refractivity contribution in [3.8, 4) is 158 Å². The second kappa shape index (κ2) is 25.1. The van der Waals surface area contributed by atoms with Crippen LogP contribution in [0.5, 0.6) is 23.0 Å². The summed E-state index contributed by atoms with van der Waals surface area (Å²) in [5, 5.41) is 2.31. The van der Waals surface area contributed by atoms with Gasteiger partial charge in [-0.25, -0.2) is 19.9 Å². The van der Waals surface area contributed by atoms with Crippen LogP contribution in [0.4, 0.5) is 0 Å². The standard InChI is InChI=1S/C104H64N4O2/c1-2-24-68(25-3-1)101-105-93(63-94(106-101)76-31-21-28-71(59-76)73-53-55-99-91(61-73)103(89-43-16-18-45-97(89)109-99)85-39-12-8-34-80(85)81-35-9-13-40-86(81)103)67-50-47-66(48-51-67)70-27-20-30-75(57-70)79-33-6-7-38-84(79)102-107-95(64-96(108-102)78-52-49-65-23-4-5-26-69(65)58-78)77-32-22-29-72(60-77)74-54-56-100-92(62-74)104(90-44-17-19-46-98(90)110-100)87-41-14-10-36-82(87)83-37-11-15-42-88(83)104/h1-64H. The fourth-order valence-corrected chi connectivity index (χ4v) is 18.1. The van der Waals surface area contributed by atoms with Crippen LogP contribution in [-0.4, -0.2) is 19.9 Å². The van der Waals surface area contributed by atoms with E-state index in [1.54, 1.807) is 0 Å². The molecule has 22 rings (SSSR count). The Hall–Kier alpha value is -14.5. The molecule has 16 aromatic carbocycles. The van der Waals surface area contributed by atoms with Crippen molar-refractivity contribution in [3.63, 3.8) is 0 Å². The molecule has 6 nitrogen and oxygen atoms in total. The number of benzene rings is 16. The van der Waals surface area contributed by atoms with Gasteiger partial charge in [-0.1, -0.05) is 315 Å². The maximum absolute atomic E-state index is 6.86. The van der Waals surface area contributed by atoms with Gasteiger partial charge in [-0.3, -0.25) is 0 Å². The molecule has 0 fully saturated rings. The first-order valence-electron chi connectivity index (χ1n) is 37.5. The molecule has 18 aromatic rings. The third-order valence-electron chi connectivity index (χ3n) is 23.1. The fraction of sp³-hybridized carbons (Fsp3) is 0.0192. The predicted octanol–water partition coefficient (Wildman–Crippen LogP) is 26.0. The Morgan fingerprint density at radius 3 is 1.01 bits per heavy atom. The average Bonchev–Trinajstić information content (AvgIpc) is 1.50. The first kappa shape index (κ1) is 62.9. The molecule has 110 heavy (non-hydrogen) atoms. The van der Waals surface area contributed by atoms with Crippen LogP contribution in [0.25, 0.3) is 145 Å². The van der Waals surface area contributed by atoms with E-state index in [9.17, 15) is 0 Å². The number of aromatic nitrogens is 4. The van der Waals surface area contributed by atoms with Crippen molar-refractivity contribution in [3.05, 3.63) is 433 Å². The van der Waals surface area contributed by atoms with E-state index >= 15 is 0 Å². The molecule has 0 saturated heterocycles. The van der Waals surface area contributed by atoms with Gasteiger partial charge in [0.2, 0.25) is 0 Å². The molecule has 0 N–H and O–H groups in total. The number of rotatable bonds is 10. The van der Waals surface area contributed by atoms with Crippen LogP contribution in [0.1, 0.15) is 44.5 Å². The number of hydrogen-bond acceptors (Lipinski definition) is 6. The Kier molecular flexibility index (Phi) is 14.3. The Bertz CT molecular complexity index is 6730. The average molecular weight is 1400 g/mol. The van der Waals surface area contributed by atoms with E-state index in [2.05, 4.69) is 370 Å². The number of nitrogens with zero attached hydrogens (tertiary/aromatic N) is 4. The summed E-state index contributed by atoms with van der Waals surface area (Å²) in [6, 6.07) is 139. The zero-order valence-electron chi connectivity index (χ0n) is 59.6. The highest BCUT2D eigenvalue weighted by Gasteiger charge is 2.53. The van der Waals surface area contributed by atoms with E-state index in [1.807, 2.05) is 18.2 Å². The van der Waals surface area contributed by atoms with E-state index in [4.69, 9.17) is 29.4 Å². The summed E-state index contributed by atoms with van der Waals surface area (Å²) in [5.41, 5.74) is 31.0. The molecule has 2 aliphatic heterocycles. The van der Waals surface area contributed by atoms with Crippen molar-refractivity contribution in [2.24, 2.45) is 0 Å². The minimum atomic E-state index is -0.589. The molecule has 2 aliphatic carbocycles. The molecule has 0 atom stereocenters. The first-order valence-corrected chi connectivity index (χ1v) is 37.5. The maximum Gasteiger partial charge on any atom is 0.161 e. The monoisotopic (exact) mass is 1400 g/mol. The smallest absolute Gasteiger partial charge is 0.161 e. The highest BCUT2D eigenvalue weighted by molar-refractivity contribution is 5.94. The van der Waals surface area contributed by atoms with E-state index in [-0.39, 0.29) is 0 Å². The van der Waals surface area contributed by atoms with E-state index in [0.717, 1.165) is 151 Å². The predicted molar refractivity (Wildman–Crippen MR) is 444 cm³/mol. The van der Waals surface area contributed by atoms with Crippen molar-refractivity contribution in [2.75, 3.05) is 0 Å². The second-order valence-corrected chi connectivity index (χ2v) is 29.0. The third kappa shape index (κ3) is 9.89. The van der Waals surface area contributed by atoms with Gasteiger partial charge in [0.05, 0.1) is 33.6 Å². The maximum atomic E-state index is 6.86. The van der Waals surface area contributed by atoms with Crippen LogP contribution >= 0.6 is 0 Å². The Labute approximate surface area is 637 Å². The number of para-hydroxylation sites is 2. The largest absolute Gasteiger partial charge is 0.457 e. The van der Waals surface area contributed by atoms with Gasteiger partial charge in [0, 0.05) is 55.6 Å². The van der Waals surface area contributed by atoms with Gasteiger partial charge in [0.15, 0.2) is 11.6 Å². The quantitative estimate of drug-likeness (QED) is 0.136. The Balaban J connectivity index is 0.605. The van der Waals surface area contributed by atoms with Crippen LogP contribution in [0.15, 0.2) is 388 Å². The first-order chi connectivity index (χ1) is 54.5. The van der Waals surface area contributed by atoms with Gasteiger partial charge in [0.25, 0.3) is 0 Å². The number of fused-ring (bicyclic) bond motifs is 19. The minimum Gasteiger partial charge on any atom is -0.457 e. The van der Waals surface area contributed by atoms with E-state index < -0.39 is 10.8 Å². The Morgan fingerprint density at radius 1 is 0.164 bits per heavy atom. The summed E-state index contributed by atoms with van der Waals surface area (Å²) in [6.45, 7) is 0. The SMILES string of the molecule is c1ccc(-c2nc(-c3ccc(-c4cccc(-c5ccccc5-c5nc(-c6cccc(-c7ccc8c(c7)C7(c9ccccc9O8)c8ccccc8-c8ccccc87)c6)cc(-c6ccc7ccccc7c6)n5)c4)cc3)cc(-c3cccc(-c4ccc5c(c4)C4(c6ccccc6O5)c5ccccc5-c5ccccc54)c3)n2)cc1. The molecular formula is C104H64N4O2. The van der Waals surface area contributed by atoms with Crippen LogP contribution in [-0.2, 0) is 10.8 Å². The van der Waals surface area contributed by atoms with E-state index in [1.165, 1.54) is 49.9 Å². The van der Waals surface area contributed by atoms with Gasteiger partial charge in [0.1, 0.15) is 23.0 Å². The Morgan fingerprint density at radius 2 is 0.491 bits per heavy atom. The lowest BCUT2D eigenvalue weighted by atomic mass is 9.66. The van der Waals surface area contributed by atoms with Crippen LogP contribution in [0.3, 0.4) is 0 Å². The molecular weight excluding hydrogens is 1340 g/mol. The molecule has 0 bridgehead atoms. The summed E-state index contributed by atoms with van der Waals surface area (Å²) >= 11 is 0. The zero-order chi connectivity index (χ0) is 72.4. The summed E-state index contributed by atoms with van der Waals surface area (Å²) in [7, 11) is 0. The lowest BCUT2D eigenvalue weighted by Gasteiger charge is -2.39. The van der Waals surface area contributed by atoms with Crippen molar-refractivity contribution in [1.29, 1.82) is 0 Å². The van der Waals surface area contributed by atoms with Gasteiger partial charge in [-0.15, -0.1) is 0 Å². The van der Waals surface area contributed by atoms with Gasteiger partial charge in [-0.05, 0) is 173 Å². The third-order valence-corrected chi connectivity index (χ3v) is 23.1. The number of hydrogen-bond donors (Lipinski definition) is 0. The summed E-state index contributed by atoms with van der Waals surface area (Å²) in [6.07, 6.45) is 0. The summed E-state index contributed by atoms with van der Waals surface area (Å²) in [4.78, 5) is 21.7. The van der Waals surface area contributed by atoms with Crippen LogP contribution in [0, 0.1) is 0 Å². The van der Waals surface area contributed by atoms with Crippen molar-refractivity contribution in [1.82, 2.24) is 19.9 Å². The molecule has 0 radical (unpaired) electrons. The fourth-order valence-electron chi connectivity index (χ4n) is 18.1. The van der Waals surface area contributed by atoms with Gasteiger partial charge in [-0.2, -0.15) is 0 Å². The summed E-state index contributed by atoms with van der Waals surface area (Å²) < 4.78 is 13.7. The van der Waals surface area contributed by atoms with Crippen molar-refractivity contribution >= 4 is 10.8 Å². The van der Waals surface area contributed by atoms with E-state index in [0.29, 0.717) is 11.6 Å². The highest BCUT2D eigenvalue weighted by atomic mass is 16.5. The zero-order valence-corrected chi connectivity index (χ0v) is 59.6. The van der Waals surface area contributed by atoms with Crippen LogP contribution in [0.2, 0.25) is 0 Å².